The summed E-state index contributed by atoms with van der Waals surface area (Å²) in [6.45, 7) is 0. The highest BCUT2D eigenvalue weighted by molar-refractivity contribution is 14.1. The van der Waals surface area contributed by atoms with Gasteiger partial charge in [0, 0.05) is 0 Å². The molecule has 0 aliphatic carbocycles. The predicted octanol–water partition coefficient (Wildman–Crippen LogP) is 1.61. The number of rotatable bonds is 0. The lowest BCUT2D eigenvalue weighted by Crippen LogP contribution is -1.81. The van der Waals surface area contributed by atoms with E-state index in [1.54, 1.807) is 6.20 Å². The normalized spacial score (nSPS) is 10.7. The Bertz CT molecular complexity index is 398. The molecule has 1 N–H and O–H groups in total. The zero-order chi connectivity index (χ0) is 7.84. The molecule has 0 aliphatic rings. The fraction of sp³-hybridized carbons (Fsp3) is 0. The van der Waals surface area contributed by atoms with Crippen molar-refractivity contribution in [3.05, 3.63) is 15.1 Å². The zero-order valence-corrected chi connectivity index (χ0v) is 8.09. The summed E-state index contributed by atoms with van der Waals surface area (Å²) in [6.07, 6.45) is 1.57. The Hall–Kier alpha value is -0.430. The van der Waals surface area contributed by atoms with Crippen molar-refractivity contribution in [2.75, 3.05) is 0 Å². The van der Waals surface area contributed by atoms with Gasteiger partial charge in [-0.2, -0.15) is 10.2 Å². The molecule has 0 saturated heterocycles. The number of nitrogens with one attached hydrogen (secondary N) is 1. The molecule has 56 valence electrons. The summed E-state index contributed by atoms with van der Waals surface area (Å²) < 4.78 is 0.887. The summed E-state index contributed by atoms with van der Waals surface area (Å²) in [5.41, 5.74) is 0.745. The van der Waals surface area contributed by atoms with E-state index in [4.69, 9.17) is 11.6 Å². The monoisotopic (exact) mass is 280 g/mol. The Morgan fingerprint density at radius 3 is 3.09 bits per heavy atom. The molecule has 2 aromatic rings. The van der Waals surface area contributed by atoms with E-state index in [-0.39, 0.29) is 0 Å². The van der Waals surface area contributed by atoms with E-state index < -0.39 is 0 Å². The van der Waals surface area contributed by atoms with Crippen LogP contribution in [0.4, 0.5) is 0 Å². The number of hydrogen-bond donors (Lipinski definition) is 1. The molecule has 0 amide bonds. The van der Waals surface area contributed by atoms with Crippen molar-refractivity contribution in [3.63, 3.8) is 0 Å². The summed E-state index contributed by atoms with van der Waals surface area (Å²) in [5, 5.41) is 15.3. The summed E-state index contributed by atoms with van der Waals surface area (Å²) in [7, 11) is 0. The van der Waals surface area contributed by atoms with Gasteiger partial charge >= 0.3 is 0 Å². The Balaban J connectivity index is 2.96. The highest BCUT2D eigenvalue weighted by Crippen LogP contribution is 2.22. The minimum absolute atomic E-state index is 0.389. The maximum absolute atomic E-state index is 5.77. The largest absolute Gasteiger partial charge is 0.271 e. The van der Waals surface area contributed by atoms with Crippen LogP contribution in [0.15, 0.2) is 6.20 Å². The quantitative estimate of drug-likeness (QED) is 0.746. The standard InChI is InChI=1S/C5H2ClIN4/c6-4-3-2(1-8-10-4)9-11-5(3)7/h1H,(H,9,11). The van der Waals surface area contributed by atoms with Gasteiger partial charge < -0.3 is 0 Å². The van der Waals surface area contributed by atoms with Crippen LogP contribution in [0.1, 0.15) is 0 Å². The van der Waals surface area contributed by atoms with Crippen molar-refractivity contribution in [1.82, 2.24) is 20.4 Å². The summed E-state index contributed by atoms with van der Waals surface area (Å²) in [4.78, 5) is 0. The molecule has 4 nitrogen and oxygen atoms in total. The Morgan fingerprint density at radius 2 is 2.36 bits per heavy atom. The lowest BCUT2D eigenvalue weighted by Gasteiger charge is -1.88. The first-order valence-electron chi connectivity index (χ1n) is 2.80. The lowest BCUT2D eigenvalue weighted by molar-refractivity contribution is 1.04. The molecule has 0 saturated carbocycles. The van der Waals surface area contributed by atoms with Gasteiger partial charge in [-0.15, -0.1) is 5.10 Å². The van der Waals surface area contributed by atoms with Crippen molar-refractivity contribution in [2.24, 2.45) is 0 Å². The van der Waals surface area contributed by atoms with Crippen molar-refractivity contribution >= 4 is 45.1 Å². The molecule has 0 bridgehead atoms. The number of halogens is 2. The van der Waals surface area contributed by atoms with Crippen LogP contribution in [0.3, 0.4) is 0 Å². The number of H-pyrrole nitrogens is 1. The second-order valence-corrected chi connectivity index (χ2v) is 3.37. The molecule has 0 fully saturated rings. The molecule has 0 aromatic carbocycles. The van der Waals surface area contributed by atoms with Gasteiger partial charge in [-0.3, -0.25) is 5.10 Å². The van der Waals surface area contributed by atoms with E-state index in [0.717, 1.165) is 14.6 Å². The van der Waals surface area contributed by atoms with Crippen LogP contribution in [-0.2, 0) is 0 Å². The van der Waals surface area contributed by atoms with Gasteiger partial charge in [0.2, 0.25) is 0 Å². The van der Waals surface area contributed by atoms with Crippen LogP contribution in [0, 0.1) is 3.70 Å². The first-order valence-corrected chi connectivity index (χ1v) is 4.25. The van der Waals surface area contributed by atoms with Crippen molar-refractivity contribution in [3.8, 4) is 0 Å². The average Bonchev–Trinajstić information content (AvgIpc) is 2.34. The maximum atomic E-state index is 5.77. The molecular weight excluding hydrogens is 278 g/mol. The summed E-state index contributed by atoms with van der Waals surface area (Å²) in [6, 6.07) is 0. The smallest absolute Gasteiger partial charge is 0.163 e. The molecule has 0 unspecified atom stereocenters. The topological polar surface area (TPSA) is 54.5 Å². The maximum Gasteiger partial charge on any atom is 0.163 e. The third-order valence-electron chi connectivity index (χ3n) is 1.28. The van der Waals surface area contributed by atoms with Crippen molar-refractivity contribution < 1.29 is 0 Å². The van der Waals surface area contributed by atoms with Crippen LogP contribution < -0.4 is 0 Å². The van der Waals surface area contributed by atoms with Gasteiger partial charge in [-0.05, 0) is 22.6 Å². The minimum Gasteiger partial charge on any atom is -0.271 e. The third kappa shape index (κ3) is 1.08. The number of fused-ring (bicyclic) bond motifs is 1. The SMILES string of the molecule is Clc1nncc2n[nH]c(I)c12. The van der Waals surface area contributed by atoms with Crippen LogP contribution in [-0.4, -0.2) is 20.4 Å². The average molecular weight is 280 g/mol. The number of aromatic amines is 1. The molecule has 11 heavy (non-hydrogen) atoms. The summed E-state index contributed by atoms with van der Waals surface area (Å²) in [5.74, 6) is 0. The molecule has 0 radical (unpaired) electrons. The van der Waals surface area contributed by atoms with Crippen LogP contribution in [0.25, 0.3) is 10.9 Å². The molecular formula is C5H2ClIN4. The third-order valence-corrected chi connectivity index (χ3v) is 2.33. The van der Waals surface area contributed by atoms with Gasteiger partial charge in [0.1, 0.15) is 9.22 Å². The highest BCUT2D eigenvalue weighted by Gasteiger charge is 2.06. The summed E-state index contributed by atoms with van der Waals surface area (Å²) >= 11 is 7.87. The molecule has 0 aliphatic heterocycles. The molecule has 2 heterocycles. The van der Waals surface area contributed by atoms with Crippen molar-refractivity contribution in [1.29, 1.82) is 0 Å². The van der Waals surface area contributed by atoms with Gasteiger partial charge in [-0.25, -0.2) is 0 Å². The Morgan fingerprint density at radius 1 is 1.55 bits per heavy atom. The predicted molar refractivity (Wildman–Crippen MR) is 49.4 cm³/mol. The van der Waals surface area contributed by atoms with E-state index >= 15 is 0 Å². The molecule has 2 rings (SSSR count). The Kier molecular flexibility index (Phi) is 1.68. The van der Waals surface area contributed by atoms with E-state index in [2.05, 4.69) is 43.0 Å². The van der Waals surface area contributed by atoms with E-state index in [1.165, 1.54) is 0 Å². The Labute approximate surface area is 80.5 Å². The first kappa shape index (κ1) is 7.23. The van der Waals surface area contributed by atoms with E-state index in [1.807, 2.05) is 0 Å². The number of aromatic nitrogens is 4. The van der Waals surface area contributed by atoms with Crippen molar-refractivity contribution in [2.45, 2.75) is 0 Å². The number of nitrogens with zero attached hydrogens (tertiary/aromatic N) is 3. The van der Waals surface area contributed by atoms with Gasteiger partial charge in [0.25, 0.3) is 0 Å². The lowest BCUT2D eigenvalue weighted by atomic mass is 10.4. The first-order chi connectivity index (χ1) is 5.29. The second-order valence-electron chi connectivity index (χ2n) is 1.93. The fourth-order valence-electron chi connectivity index (χ4n) is 0.807. The van der Waals surface area contributed by atoms with Crippen LogP contribution in [0.2, 0.25) is 5.15 Å². The van der Waals surface area contributed by atoms with Gasteiger partial charge in [0.15, 0.2) is 5.15 Å². The van der Waals surface area contributed by atoms with Crippen LogP contribution >= 0.6 is 34.2 Å². The minimum atomic E-state index is 0.389. The van der Waals surface area contributed by atoms with E-state index in [0.29, 0.717) is 5.15 Å². The molecule has 0 spiro atoms. The zero-order valence-electron chi connectivity index (χ0n) is 5.17. The van der Waals surface area contributed by atoms with Gasteiger partial charge in [-0.1, -0.05) is 11.6 Å². The highest BCUT2D eigenvalue weighted by atomic mass is 127. The molecule has 2 aromatic heterocycles. The van der Waals surface area contributed by atoms with E-state index in [9.17, 15) is 0 Å². The fourth-order valence-corrected chi connectivity index (χ4v) is 1.85. The second kappa shape index (κ2) is 2.56. The van der Waals surface area contributed by atoms with Gasteiger partial charge in [0.05, 0.1) is 11.6 Å². The molecule has 6 heteroatoms. The van der Waals surface area contributed by atoms with Crippen LogP contribution in [0.5, 0.6) is 0 Å². The molecule has 0 atom stereocenters. The number of hydrogen-bond acceptors (Lipinski definition) is 3.